The zero-order valence-corrected chi connectivity index (χ0v) is 11.1. The Balaban J connectivity index is 2.13. The molecule has 0 fully saturated rings. The number of aromatic nitrogens is 2. The Kier molecular flexibility index (Phi) is 4.52. The number of H-pyrrole nitrogens is 1. The van der Waals surface area contributed by atoms with Crippen LogP contribution < -0.4 is 5.56 Å². The summed E-state index contributed by atoms with van der Waals surface area (Å²) in [6.07, 6.45) is -0.322. The van der Waals surface area contributed by atoms with E-state index in [1.165, 1.54) is 6.07 Å². The molecule has 0 saturated carbocycles. The normalized spacial score (nSPS) is 10.4. The van der Waals surface area contributed by atoms with Crippen molar-refractivity contribution in [2.45, 2.75) is 17.3 Å². The van der Waals surface area contributed by atoms with Gasteiger partial charge in [-0.05, 0) is 11.6 Å². The molecule has 7 heteroatoms. The van der Waals surface area contributed by atoms with E-state index in [4.69, 9.17) is 5.11 Å². The number of aromatic amines is 1. The molecule has 0 saturated heterocycles. The molecule has 0 radical (unpaired) electrons. The minimum absolute atomic E-state index is 0.178. The summed E-state index contributed by atoms with van der Waals surface area (Å²) in [6, 6.07) is 7.45. The smallest absolute Gasteiger partial charge is 0.309 e. The second-order valence-corrected chi connectivity index (χ2v) is 4.96. The van der Waals surface area contributed by atoms with Crippen molar-refractivity contribution in [2.75, 3.05) is 0 Å². The largest absolute Gasteiger partial charge is 0.481 e. The lowest BCUT2D eigenvalue weighted by Gasteiger charge is -2.04. The average Bonchev–Trinajstić information content (AvgIpc) is 2.36. The Labute approximate surface area is 117 Å². The molecule has 20 heavy (non-hydrogen) atoms. The number of carboxylic acids is 1. The van der Waals surface area contributed by atoms with Gasteiger partial charge in [0, 0.05) is 11.8 Å². The minimum atomic E-state index is -1.06. The summed E-state index contributed by atoms with van der Waals surface area (Å²) in [6.45, 7) is 0. The number of thioether (sulfide) groups is 1. The van der Waals surface area contributed by atoms with Crippen molar-refractivity contribution in [3.8, 4) is 0 Å². The summed E-state index contributed by atoms with van der Waals surface area (Å²) in [5.41, 5.74) is 0.244. The van der Waals surface area contributed by atoms with Gasteiger partial charge in [0.1, 0.15) is 5.82 Å². The van der Waals surface area contributed by atoms with Crippen molar-refractivity contribution in [1.82, 2.24) is 9.97 Å². The molecule has 0 spiro atoms. The van der Waals surface area contributed by atoms with Crippen LogP contribution in [0.1, 0.15) is 11.3 Å². The number of halogens is 1. The van der Waals surface area contributed by atoms with Crippen molar-refractivity contribution >= 4 is 17.7 Å². The third-order valence-corrected chi connectivity index (χ3v) is 3.35. The first-order chi connectivity index (χ1) is 9.54. The number of hydrogen-bond acceptors (Lipinski definition) is 4. The van der Waals surface area contributed by atoms with Gasteiger partial charge in [-0.2, -0.15) is 0 Å². The van der Waals surface area contributed by atoms with Crippen LogP contribution in [0.2, 0.25) is 0 Å². The SMILES string of the molecule is O=C(O)Cc1cc(=O)[nH]c(SCc2ccccc2F)n1. The van der Waals surface area contributed by atoms with Gasteiger partial charge in [0.15, 0.2) is 5.16 Å². The summed E-state index contributed by atoms with van der Waals surface area (Å²) in [7, 11) is 0. The van der Waals surface area contributed by atoms with Crippen LogP contribution in [-0.4, -0.2) is 21.0 Å². The number of nitrogens with one attached hydrogen (secondary N) is 1. The highest BCUT2D eigenvalue weighted by molar-refractivity contribution is 7.98. The Bertz CT molecular complexity index is 687. The molecule has 2 rings (SSSR count). The van der Waals surface area contributed by atoms with Gasteiger partial charge in [0.25, 0.3) is 5.56 Å². The molecule has 0 bridgehead atoms. The summed E-state index contributed by atoms with van der Waals surface area (Å²) >= 11 is 1.14. The molecular weight excluding hydrogens is 283 g/mol. The first kappa shape index (κ1) is 14.3. The van der Waals surface area contributed by atoms with Crippen LogP contribution in [0.15, 0.2) is 40.3 Å². The van der Waals surface area contributed by atoms with Crippen LogP contribution in [0, 0.1) is 5.82 Å². The van der Waals surface area contributed by atoms with E-state index in [1.807, 2.05) is 0 Å². The lowest BCUT2D eigenvalue weighted by atomic mass is 10.2. The Morgan fingerprint density at radius 3 is 2.85 bits per heavy atom. The van der Waals surface area contributed by atoms with Crippen molar-refractivity contribution in [3.05, 3.63) is 57.8 Å². The molecule has 1 heterocycles. The highest BCUT2D eigenvalue weighted by atomic mass is 32.2. The Hall–Kier alpha value is -2.15. The van der Waals surface area contributed by atoms with Crippen LogP contribution in [0.4, 0.5) is 4.39 Å². The predicted octanol–water partition coefficient (Wildman–Crippen LogP) is 1.83. The highest BCUT2D eigenvalue weighted by Gasteiger charge is 2.07. The molecule has 104 valence electrons. The minimum Gasteiger partial charge on any atom is -0.481 e. The summed E-state index contributed by atoms with van der Waals surface area (Å²) < 4.78 is 13.4. The number of nitrogens with zero attached hydrogens (tertiary/aromatic N) is 1. The number of carbonyl (C=O) groups is 1. The molecule has 5 nitrogen and oxygen atoms in total. The molecule has 0 aliphatic carbocycles. The van der Waals surface area contributed by atoms with Gasteiger partial charge in [-0.3, -0.25) is 9.59 Å². The van der Waals surface area contributed by atoms with E-state index in [-0.39, 0.29) is 23.1 Å². The van der Waals surface area contributed by atoms with Gasteiger partial charge in [0.05, 0.1) is 12.1 Å². The van der Waals surface area contributed by atoms with Crippen LogP contribution in [0.25, 0.3) is 0 Å². The number of hydrogen-bond donors (Lipinski definition) is 2. The highest BCUT2D eigenvalue weighted by Crippen LogP contribution is 2.20. The Morgan fingerprint density at radius 1 is 1.40 bits per heavy atom. The van der Waals surface area contributed by atoms with Gasteiger partial charge in [-0.1, -0.05) is 30.0 Å². The Morgan fingerprint density at radius 2 is 2.15 bits per heavy atom. The molecule has 2 aromatic rings. The van der Waals surface area contributed by atoms with Crippen molar-refractivity contribution < 1.29 is 14.3 Å². The van der Waals surface area contributed by atoms with E-state index < -0.39 is 11.5 Å². The van der Waals surface area contributed by atoms with Crippen LogP contribution >= 0.6 is 11.8 Å². The zero-order valence-electron chi connectivity index (χ0n) is 10.3. The lowest BCUT2D eigenvalue weighted by Crippen LogP contribution is -2.12. The van der Waals surface area contributed by atoms with E-state index in [0.29, 0.717) is 11.3 Å². The van der Waals surface area contributed by atoms with Gasteiger partial charge < -0.3 is 10.1 Å². The van der Waals surface area contributed by atoms with E-state index >= 15 is 0 Å². The number of aliphatic carboxylic acids is 1. The van der Waals surface area contributed by atoms with E-state index in [1.54, 1.807) is 18.2 Å². The van der Waals surface area contributed by atoms with Crippen LogP contribution in [-0.2, 0) is 17.0 Å². The third-order valence-electron chi connectivity index (χ3n) is 2.43. The van der Waals surface area contributed by atoms with Crippen molar-refractivity contribution in [1.29, 1.82) is 0 Å². The monoisotopic (exact) mass is 294 g/mol. The summed E-state index contributed by atoms with van der Waals surface area (Å²) in [5, 5.41) is 8.96. The van der Waals surface area contributed by atoms with Crippen molar-refractivity contribution in [2.24, 2.45) is 0 Å². The van der Waals surface area contributed by atoms with Gasteiger partial charge in [-0.15, -0.1) is 0 Å². The quantitative estimate of drug-likeness (QED) is 0.649. The standard InChI is InChI=1S/C13H11FN2O3S/c14-10-4-2-1-3-8(10)7-20-13-15-9(6-12(18)19)5-11(17)16-13/h1-5H,6-7H2,(H,18,19)(H,15,16,17). The molecule has 1 aromatic heterocycles. The fourth-order valence-electron chi connectivity index (χ4n) is 1.56. The van der Waals surface area contributed by atoms with Crippen LogP contribution in [0.3, 0.4) is 0 Å². The summed E-state index contributed by atoms with van der Waals surface area (Å²) in [4.78, 5) is 28.5. The van der Waals surface area contributed by atoms with E-state index in [9.17, 15) is 14.0 Å². The summed E-state index contributed by atoms with van der Waals surface area (Å²) in [5.74, 6) is -1.09. The van der Waals surface area contributed by atoms with Gasteiger partial charge in [-0.25, -0.2) is 9.37 Å². The number of benzene rings is 1. The second kappa shape index (κ2) is 6.33. The topological polar surface area (TPSA) is 83.0 Å². The molecule has 0 aliphatic heterocycles. The average molecular weight is 294 g/mol. The number of carboxylic acid groups (broad SMARTS) is 1. The van der Waals surface area contributed by atoms with Gasteiger partial charge >= 0.3 is 5.97 Å². The molecule has 0 amide bonds. The van der Waals surface area contributed by atoms with Crippen LogP contribution in [0.5, 0.6) is 0 Å². The first-order valence-electron chi connectivity index (χ1n) is 5.73. The molecule has 1 aromatic carbocycles. The van der Waals surface area contributed by atoms with E-state index in [0.717, 1.165) is 17.8 Å². The maximum atomic E-state index is 13.4. The molecule has 2 N–H and O–H groups in total. The fourth-order valence-corrected chi connectivity index (χ4v) is 2.44. The fraction of sp³-hybridized carbons (Fsp3) is 0.154. The maximum Gasteiger partial charge on any atom is 0.309 e. The van der Waals surface area contributed by atoms with E-state index in [2.05, 4.69) is 9.97 Å². The molecule has 0 aliphatic rings. The van der Waals surface area contributed by atoms with Gasteiger partial charge in [0.2, 0.25) is 0 Å². The predicted molar refractivity (Wildman–Crippen MR) is 72.2 cm³/mol. The molecule has 0 atom stereocenters. The maximum absolute atomic E-state index is 13.4. The number of rotatable bonds is 5. The molecule has 0 unspecified atom stereocenters. The lowest BCUT2D eigenvalue weighted by molar-refractivity contribution is -0.136. The molecular formula is C13H11FN2O3S. The van der Waals surface area contributed by atoms with Crippen molar-refractivity contribution in [3.63, 3.8) is 0 Å². The third kappa shape index (κ3) is 3.92. The first-order valence-corrected chi connectivity index (χ1v) is 6.71. The zero-order chi connectivity index (χ0) is 14.5. The second-order valence-electron chi connectivity index (χ2n) is 3.99.